The fourth-order valence-corrected chi connectivity index (χ4v) is 5.57. The van der Waals surface area contributed by atoms with Gasteiger partial charge >= 0.3 is 0 Å². The van der Waals surface area contributed by atoms with Crippen molar-refractivity contribution in [3.63, 3.8) is 0 Å². The number of hydrogen-bond acceptors (Lipinski definition) is 3. The van der Waals surface area contributed by atoms with Crippen molar-refractivity contribution in [3.8, 4) is 5.75 Å². The SMILES string of the molecule is CCOc1ccc(S(=O)(=O)N2CC(C)CC(C)C2)c2ccccc12. The summed E-state index contributed by atoms with van der Waals surface area (Å²) in [6.07, 6.45) is 1.08. The van der Waals surface area contributed by atoms with Gasteiger partial charge in [0.25, 0.3) is 0 Å². The number of nitrogens with zero attached hydrogens (tertiary/aromatic N) is 1. The van der Waals surface area contributed by atoms with E-state index in [2.05, 4.69) is 13.8 Å². The molecule has 0 radical (unpaired) electrons. The molecule has 1 saturated heterocycles. The maximum Gasteiger partial charge on any atom is 0.243 e. The van der Waals surface area contributed by atoms with Crippen LogP contribution in [0.5, 0.6) is 5.75 Å². The molecule has 2 aromatic rings. The van der Waals surface area contributed by atoms with Gasteiger partial charge in [0.1, 0.15) is 5.75 Å². The van der Waals surface area contributed by atoms with Crippen LogP contribution in [0, 0.1) is 11.8 Å². The molecule has 0 amide bonds. The van der Waals surface area contributed by atoms with Crippen LogP contribution in [0.4, 0.5) is 0 Å². The Hall–Kier alpha value is -1.59. The zero-order chi connectivity index (χ0) is 17.3. The Balaban J connectivity index is 2.10. The summed E-state index contributed by atoms with van der Waals surface area (Å²) in [4.78, 5) is 0.378. The van der Waals surface area contributed by atoms with Gasteiger partial charge in [-0.3, -0.25) is 0 Å². The summed E-state index contributed by atoms with van der Waals surface area (Å²) in [5, 5.41) is 1.58. The average molecular weight is 347 g/mol. The third-order valence-corrected chi connectivity index (χ3v) is 6.49. The van der Waals surface area contributed by atoms with E-state index in [4.69, 9.17) is 4.74 Å². The van der Waals surface area contributed by atoms with Gasteiger partial charge in [-0.05, 0) is 37.3 Å². The lowest BCUT2D eigenvalue weighted by Gasteiger charge is -2.34. The Labute approximate surface area is 144 Å². The minimum Gasteiger partial charge on any atom is -0.493 e. The third-order valence-electron chi connectivity index (χ3n) is 4.60. The van der Waals surface area contributed by atoms with Crippen molar-refractivity contribution < 1.29 is 13.2 Å². The standard InChI is InChI=1S/C19H25NO3S/c1-4-23-18-9-10-19(17-8-6-5-7-16(17)18)24(21,22)20-12-14(2)11-15(3)13-20/h5-10,14-15H,4,11-13H2,1-3H3. The quantitative estimate of drug-likeness (QED) is 0.842. The number of rotatable bonds is 4. The third kappa shape index (κ3) is 3.15. The largest absolute Gasteiger partial charge is 0.493 e. The van der Waals surface area contributed by atoms with Crippen LogP contribution in [-0.4, -0.2) is 32.4 Å². The van der Waals surface area contributed by atoms with Gasteiger partial charge in [0, 0.05) is 23.9 Å². The van der Waals surface area contributed by atoms with E-state index < -0.39 is 10.0 Å². The molecule has 0 aromatic heterocycles. The lowest BCUT2D eigenvalue weighted by Crippen LogP contribution is -2.42. The van der Waals surface area contributed by atoms with E-state index >= 15 is 0 Å². The van der Waals surface area contributed by atoms with E-state index in [1.165, 1.54) is 0 Å². The summed E-state index contributed by atoms with van der Waals surface area (Å²) in [6, 6.07) is 11.0. The summed E-state index contributed by atoms with van der Waals surface area (Å²) < 4.78 is 33.8. The molecule has 3 rings (SSSR count). The van der Waals surface area contributed by atoms with Gasteiger partial charge in [0.2, 0.25) is 10.0 Å². The molecule has 1 aliphatic rings. The molecule has 0 saturated carbocycles. The molecule has 0 N–H and O–H groups in total. The van der Waals surface area contributed by atoms with Crippen molar-refractivity contribution in [2.45, 2.75) is 32.1 Å². The highest BCUT2D eigenvalue weighted by Crippen LogP contribution is 2.34. The molecule has 1 fully saturated rings. The number of piperidine rings is 1. The predicted octanol–water partition coefficient (Wildman–Crippen LogP) is 3.91. The van der Waals surface area contributed by atoms with Gasteiger partial charge in [-0.1, -0.05) is 38.1 Å². The average Bonchev–Trinajstić information content (AvgIpc) is 2.54. The minimum absolute atomic E-state index is 0.378. The molecular formula is C19H25NO3S. The van der Waals surface area contributed by atoms with Gasteiger partial charge in [-0.2, -0.15) is 4.31 Å². The van der Waals surface area contributed by atoms with Crippen LogP contribution in [0.2, 0.25) is 0 Å². The Bertz CT molecular complexity index is 822. The molecule has 0 spiro atoms. The fraction of sp³-hybridized carbons (Fsp3) is 0.474. The molecule has 1 heterocycles. The van der Waals surface area contributed by atoms with Gasteiger partial charge < -0.3 is 4.74 Å². The summed E-state index contributed by atoms with van der Waals surface area (Å²) in [7, 11) is -3.51. The minimum atomic E-state index is -3.51. The van der Waals surface area contributed by atoms with Crippen molar-refractivity contribution in [2.24, 2.45) is 11.8 Å². The fourth-order valence-electron chi connectivity index (χ4n) is 3.69. The first-order valence-electron chi connectivity index (χ1n) is 8.58. The molecule has 1 aliphatic heterocycles. The zero-order valence-electron chi connectivity index (χ0n) is 14.5. The zero-order valence-corrected chi connectivity index (χ0v) is 15.3. The molecule has 130 valence electrons. The van der Waals surface area contributed by atoms with Crippen molar-refractivity contribution in [3.05, 3.63) is 36.4 Å². The molecule has 5 heteroatoms. The second-order valence-electron chi connectivity index (χ2n) is 6.81. The summed E-state index contributed by atoms with van der Waals surface area (Å²) in [6.45, 7) is 7.90. The predicted molar refractivity (Wildman–Crippen MR) is 96.8 cm³/mol. The number of sulfonamides is 1. The van der Waals surface area contributed by atoms with E-state index in [0.717, 1.165) is 22.9 Å². The summed E-state index contributed by atoms with van der Waals surface area (Å²) in [5.41, 5.74) is 0. The molecule has 2 aromatic carbocycles. The monoisotopic (exact) mass is 347 g/mol. The van der Waals surface area contributed by atoms with E-state index in [1.54, 1.807) is 16.4 Å². The van der Waals surface area contributed by atoms with Crippen molar-refractivity contribution in [1.29, 1.82) is 0 Å². The van der Waals surface area contributed by atoms with Gasteiger partial charge in [-0.25, -0.2) is 8.42 Å². The topological polar surface area (TPSA) is 46.6 Å². The van der Waals surface area contributed by atoms with Gasteiger partial charge in [-0.15, -0.1) is 0 Å². The van der Waals surface area contributed by atoms with E-state index in [-0.39, 0.29) is 0 Å². The summed E-state index contributed by atoms with van der Waals surface area (Å²) in [5.74, 6) is 1.50. The maximum atomic E-state index is 13.2. The molecule has 2 unspecified atom stereocenters. The van der Waals surface area contributed by atoms with E-state index in [9.17, 15) is 8.42 Å². The lowest BCUT2D eigenvalue weighted by molar-refractivity contribution is 0.222. The van der Waals surface area contributed by atoms with Crippen LogP contribution >= 0.6 is 0 Å². The molecular weight excluding hydrogens is 322 g/mol. The summed E-state index contributed by atoms with van der Waals surface area (Å²) >= 11 is 0. The molecule has 4 nitrogen and oxygen atoms in total. The highest BCUT2D eigenvalue weighted by Gasteiger charge is 2.32. The maximum absolute atomic E-state index is 13.2. The number of benzene rings is 2. The molecule has 2 atom stereocenters. The highest BCUT2D eigenvalue weighted by molar-refractivity contribution is 7.89. The second kappa shape index (κ2) is 6.73. The van der Waals surface area contributed by atoms with Gasteiger partial charge in [0.05, 0.1) is 11.5 Å². The first kappa shape index (κ1) is 17.2. The Morgan fingerprint density at radius 3 is 2.29 bits per heavy atom. The van der Waals surface area contributed by atoms with Crippen LogP contribution in [0.25, 0.3) is 10.8 Å². The molecule has 24 heavy (non-hydrogen) atoms. The van der Waals surface area contributed by atoms with Crippen LogP contribution < -0.4 is 4.74 Å². The Morgan fingerprint density at radius 1 is 1.04 bits per heavy atom. The highest BCUT2D eigenvalue weighted by atomic mass is 32.2. The van der Waals surface area contributed by atoms with Crippen LogP contribution in [0.15, 0.2) is 41.3 Å². The van der Waals surface area contributed by atoms with Crippen molar-refractivity contribution in [1.82, 2.24) is 4.31 Å². The Morgan fingerprint density at radius 2 is 1.67 bits per heavy atom. The van der Waals surface area contributed by atoms with E-state index in [1.807, 2.05) is 31.2 Å². The van der Waals surface area contributed by atoms with Crippen molar-refractivity contribution >= 4 is 20.8 Å². The van der Waals surface area contributed by atoms with E-state index in [0.29, 0.717) is 36.4 Å². The molecule has 0 bridgehead atoms. The van der Waals surface area contributed by atoms with Crippen LogP contribution in [0.3, 0.4) is 0 Å². The number of fused-ring (bicyclic) bond motifs is 1. The lowest BCUT2D eigenvalue weighted by atomic mass is 9.94. The smallest absolute Gasteiger partial charge is 0.243 e. The van der Waals surface area contributed by atoms with Crippen LogP contribution in [0.1, 0.15) is 27.2 Å². The molecule has 0 aliphatic carbocycles. The number of ether oxygens (including phenoxy) is 1. The number of hydrogen-bond donors (Lipinski definition) is 0. The second-order valence-corrected chi connectivity index (χ2v) is 8.71. The van der Waals surface area contributed by atoms with Gasteiger partial charge in [0.15, 0.2) is 0 Å². The first-order valence-corrected chi connectivity index (χ1v) is 10.0. The Kier molecular flexibility index (Phi) is 4.83. The van der Waals surface area contributed by atoms with Crippen molar-refractivity contribution in [2.75, 3.05) is 19.7 Å². The van der Waals surface area contributed by atoms with Crippen LogP contribution in [-0.2, 0) is 10.0 Å². The normalized spacial score (nSPS) is 22.6. The first-order chi connectivity index (χ1) is 11.4.